The van der Waals surface area contributed by atoms with Crippen LogP contribution in [0.15, 0.2) is 0 Å². The zero-order valence-corrected chi connectivity index (χ0v) is 9.66. The van der Waals surface area contributed by atoms with Crippen molar-refractivity contribution in [2.75, 3.05) is 26.2 Å². The van der Waals surface area contributed by atoms with Gasteiger partial charge in [0.05, 0.1) is 19.6 Å². The van der Waals surface area contributed by atoms with Gasteiger partial charge in [0.15, 0.2) is 0 Å². The molecule has 0 fully saturated rings. The topological polar surface area (TPSA) is 75.4 Å². The van der Waals surface area contributed by atoms with E-state index >= 15 is 0 Å². The van der Waals surface area contributed by atoms with Gasteiger partial charge in [0.25, 0.3) is 0 Å². The Bertz CT molecular complexity index is 271. The summed E-state index contributed by atoms with van der Waals surface area (Å²) in [5.41, 5.74) is 5.10. The predicted molar refractivity (Wildman–Crippen MR) is 62.4 cm³/mol. The predicted octanol–water partition coefficient (Wildman–Crippen LogP) is -0.677. The van der Waals surface area contributed by atoms with Gasteiger partial charge in [-0.25, -0.2) is 0 Å². The second-order valence-corrected chi connectivity index (χ2v) is 3.51. The van der Waals surface area contributed by atoms with Crippen LogP contribution in [0, 0.1) is 12.3 Å². The largest absolute Gasteiger partial charge is 0.369 e. The van der Waals surface area contributed by atoms with Crippen LogP contribution in [0.25, 0.3) is 0 Å². The summed E-state index contributed by atoms with van der Waals surface area (Å²) in [6, 6.07) is 0. The molecular weight excluding hydrogens is 206 g/mol. The van der Waals surface area contributed by atoms with Crippen LogP contribution in [-0.4, -0.2) is 42.9 Å². The van der Waals surface area contributed by atoms with Gasteiger partial charge in [0, 0.05) is 0 Å². The van der Waals surface area contributed by atoms with E-state index in [9.17, 15) is 9.59 Å². The minimum Gasteiger partial charge on any atom is -0.369 e. The zero-order chi connectivity index (χ0) is 12.4. The Morgan fingerprint density at radius 3 is 2.62 bits per heavy atom. The Morgan fingerprint density at radius 1 is 1.44 bits per heavy atom. The first kappa shape index (κ1) is 14.5. The number of amides is 2. The van der Waals surface area contributed by atoms with Crippen LogP contribution in [0.3, 0.4) is 0 Å². The number of terminal acetylenes is 1. The second-order valence-electron chi connectivity index (χ2n) is 3.51. The van der Waals surface area contributed by atoms with E-state index in [0.717, 1.165) is 12.8 Å². The van der Waals surface area contributed by atoms with Crippen molar-refractivity contribution >= 4 is 11.8 Å². The monoisotopic (exact) mass is 225 g/mol. The van der Waals surface area contributed by atoms with Gasteiger partial charge in [0.1, 0.15) is 0 Å². The number of unbranched alkanes of at least 4 members (excludes halogenated alkanes) is 1. The quantitative estimate of drug-likeness (QED) is 0.538. The fourth-order valence-electron chi connectivity index (χ4n) is 1.22. The Kier molecular flexibility index (Phi) is 7.90. The van der Waals surface area contributed by atoms with Crippen LogP contribution >= 0.6 is 0 Å². The van der Waals surface area contributed by atoms with E-state index in [2.05, 4.69) is 11.2 Å². The van der Waals surface area contributed by atoms with Crippen molar-refractivity contribution < 1.29 is 9.59 Å². The van der Waals surface area contributed by atoms with E-state index in [1.807, 2.05) is 6.92 Å². The number of carbonyl (C=O) groups excluding carboxylic acids is 2. The molecule has 0 atom stereocenters. The van der Waals surface area contributed by atoms with Crippen molar-refractivity contribution in [3.8, 4) is 12.3 Å². The maximum Gasteiger partial charge on any atom is 0.234 e. The van der Waals surface area contributed by atoms with Crippen LogP contribution in [0.2, 0.25) is 0 Å². The summed E-state index contributed by atoms with van der Waals surface area (Å²) in [5.74, 6) is 1.70. The van der Waals surface area contributed by atoms with E-state index in [4.69, 9.17) is 12.2 Å². The van der Waals surface area contributed by atoms with Gasteiger partial charge < -0.3 is 11.1 Å². The van der Waals surface area contributed by atoms with Crippen molar-refractivity contribution in [2.45, 2.75) is 19.8 Å². The smallest absolute Gasteiger partial charge is 0.234 e. The molecule has 5 heteroatoms. The van der Waals surface area contributed by atoms with Crippen molar-refractivity contribution in [3.05, 3.63) is 0 Å². The minimum atomic E-state index is -0.430. The molecule has 0 aromatic carbocycles. The first-order valence-electron chi connectivity index (χ1n) is 5.31. The molecule has 5 nitrogen and oxygen atoms in total. The van der Waals surface area contributed by atoms with Crippen LogP contribution < -0.4 is 11.1 Å². The van der Waals surface area contributed by atoms with Crippen molar-refractivity contribution in [3.63, 3.8) is 0 Å². The number of rotatable bonds is 8. The third-order valence-electron chi connectivity index (χ3n) is 1.96. The number of nitrogens with two attached hydrogens (primary N) is 1. The lowest BCUT2D eigenvalue weighted by Crippen LogP contribution is -2.42. The number of hydrogen-bond acceptors (Lipinski definition) is 3. The molecule has 0 unspecified atom stereocenters. The summed E-state index contributed by atoms with van der Waals surface area (Å²) in [6.07, 6.45) is 6.94. The normalized spacial score (nSPS) is 9.81. The third-order valence-corrected chi connectivity index (χ3v) is 1.96. The van der Waals surface area contributed by atoms with Gasteiger partial charge in [-0.05, 0) is 13.0 Å². The summed E-state index contributed by atoms with van der Waals surface area (Å²) >= 11 is 0. The highest BCUT2D eigenvalue weighted by molar-refractivity contribution is 5.80. The van der Waals surface area contributed by atoms with Gasteiger partial charge in [-0.2, -0.15) is 0 Å². The maximum atomic E-state index is 11.4. The molecule has 0 saturated heterocycles. The van der Waals surface area contributed by atoms with Crippen LogP contribution in [0.4, 0.5) is 0 Å². The van der Waals surface area contributed by atoms with Crippen molar-refractivity contribution in [2.24, 2.45) is 5.73 Å². The lowest BCUT2D eigenvalue weighted by Gasteiger charge is -2.19. The average Bonchev–Trinajstić information content (AvgIpc) is 2.22. The molecule has 0 aliphatic heterocycles. The molecule has 3 N–H and O–H groups in total. The molecule has 0 aliphatic rings. The summed E-state index contributed by atoms with van der Waals surface area (Å²) < 4.78 is 0. The highest BCUT2D eigenvalue weighted by Crippen LogP contribution is 1.94. The third kappa shape index (κ3) is 7.83. The SMILES string of the molecule is C#CCNC(=O)CN(CCCC)CC(N)=O. The number of nitrogens with zero attached hydrogens (tertiary/aromatic N) is 1. The molecule has 0 saturated carbocycles. The van der Waals surface area contributed by atoms with Crippen LogP contribution in [0.5, 0.6) is 0 Å². The van der Waals surface area contributed by atoms with E-state index in [1.165, 1.54) is 0 Å². The van der Waals surface area contributed by atoms with Gasteiger partial charge >= 0.3 is 0 Å². The fourth-order valence-corrected chi connectivity index (χ4v) is 1.22. The average molecular weight is 225 g/mol. The maximum absolute atomic E-state index is 11.4. The van der Waals surface area contributed by atoms with E-state index in [-0.39, 0.29) is 25.5 Å². The van der Waals surface area contributed by atoms with Gasteiger partial charge in [0.2, 0.25) is 11.8 Å². The molecule has 0 heterocycles. The summed E-state index contributed by atoms with van der Waals surface area (Å²) in [4.78, 5) is 23.9. The Labute approximate surface area is 96.4 Å². The van der Waals surface area contributed by atoms with E-state index in [1.54, 1.807) is 4.90 Å². The molecule has 16 heavy (non-hydrogen) atoms. The second kappa shape index (κ2) is 8.74. The van der Waals surface area contributed by atoms with Gasteiger partial charge in [-0.1, -0.05) is 19.3 Å². The van der Waals surface area contributed by atoms with Gasteiger partial charge in [-0.15, -0.1) is 6.42 Å². The molecule has 0 aliphatic carbocycles. The molecular formula is C11H19N3O2. The molecule has 2 amide bonds. The zero-order valence-electron chi connectivity index (χ0n) is 9.66. The number of hydrogen-bond donors (Lipinski definition) is 2. The molecule has 0 aromatic rings. The van der Waals surface area contributed by atoms with E-state index < -0.39 is 5.91 Å². The highest BCUT2D eigenvalue weighted by atomic mass is 16.2. The van der Waals surface area contributed by atoms with Crippen LogP contribution in [0.1, 0.15) is 19.8 Å². The van der Waals surface area contributed by atoms with Crippen LogP contribution in [-0.2, 0) is 9.59 Å². The number of primary amides is 1. The Morgan fingerprint density at radius 2 is 2.12 bits per heavy atom. The summed E-state index contributed by atoms with van der Waals surface area (Å²) in [6.45, 7) is 3.19. The number of nitrogens with one attached hydrogen (secondary N) is 1. The number of carbonyl (C=O) groups is 2. The molecule has 0 spiro atoms. The molecule has 90 valence electrons. The van der Waals surface area contributed by atoms with Crippen molar-refractivity contribution in [1.82, 2.24) is 10.2 Å². The molecule has 0 rings (SSSR count). The van der Waals surface area contributed by atoms with Crippen molar-refractivity contribution in [1.29, 1.82) is 0 Å². The first-order valence-corrected chi connectivity index (χ1v) is 5.31. The molecule has 0 aromatic heterocycles. The lowest BCUT2D eigenvalue weighted by molar-refractivity contribution is -0.123. The molecule has 0 radical (unpaired) electrons. The highest BCUT2D eigenvalue weighted by Gasteiger charge is 2.11. The first-order chi connectivity index (χ1) is 7.60. The Hall–Kier alpha value is -1.54. The standard InChI is InChI=1S/C11H19N3O2/c1-3-5-7-14(8-10(12)15)9-11(16)13-6-4-2/h2H,3,5-9H2,1H3,(H2,12,15)(H,13,16). The van der Waals surface area contributed by atoms with Gasteiger partial charge in [-0.3, -0.25) is 14.5 Å². The lowest BCUT2D eigenvalue weighted by atomic mass is 10.3. The Balaban J connectivity index is 4.03. The summed E-state index contributed by atoms with van der Waals surface area (Å²) in [5, 5.41) is 2.54. The van der Waals surface area contributed by atoms with E-state index in [0.29, 0.717) is 6.54 Å². The molecule has 0 bridgehead atoms. The fraction of sp³-hybridized carbons (Fsp3) is 0.636. The summed E-state index contributed by atoms with van der Waals surface area (Å²) in [7, 11) is 0. The minimum absolute atomic E-state index is 0.101.